The van der Waals surface area contributed by atoms with E-state index >= 15 is 0 Å². The van der Waals surface area contributed by atoms with Gasteiger partial charge in [0, 0.05) is 12.2 Å². The summed E-state index contributed by atoms with van der Waals surface area (Å²) in [5.74, 6) is 0.257. The molecule has 0 spiro atoms. The predicted molar refractivity (Wildman–Crippen MR) is 98.2 cm³/mol. The first kappa shape index (κ1) is 17.2. The van der Waals surface area contributed by atoms with Crippen molar-refractivity contribution in [1.29, 1.82) is 0 Å². The van der Waals surface area contributed by atoms with E-state index < -0.39 is 0 Å². The molecular formula is C19H19ClN4O. The van der Waals surface area contributed by atoms with Crippen LogP contribution in [-0.4, -0.2) is 20.7 Å². The molecule has 0 radical (unpaired) electrons. The minimum atomic E-state index is -0.309. The number of aryl methyl sites for hydroxylation is 3. The van der Waals surface area contributed by atoms with Gasteiger partial charge in [-0.25, -0.2) is 9.67 Å². The Morgan fingerprint density at radius 2 is 1.92 bits per heavy atom. The molecule has 1 amide bonds. The first-order valence-corrected chi connectivity index (χ1v) is 8.36. The third-order valence-corrected chi connectivity index (χ3v) is 4.28. The van der Waals surface area contributed by atoms with Gasteiger partial charge in [0.2, 0.25) is 0 Å². The zero-order valence-corrected chi connectivity index (χ0v) is 15.1. The summed E-state index contributed by atoms with van der Waals surface area (Å²) in [6.07, 6.45) is 0. The lowest BCUT2D eigenvalue weighted by atomic mass is 10.1. The third kappa shape index (κ3) is 3.72. The van der Waals surface area contributed by atoms with E-state index in [0.29, 0.717) is 17.4 Å². The van der Waals surface area contributed by atoms with Crippen molar-refractivity contribution in [1.82, 2.24) is 20.1 Å². The van der Waals surface area contributed by atoms with Crippen LogP contribution in [0, 0.1) is 20.8 Å². The lowest BCUT2D eigenvalue weighted by molar-refractivity contribution is 0.0946. The fraction of sp³-hybridized carbons (Fsp3) is 0.211. The Morgan fingerprint density at radius 3 is 2.60 bits per heavy atom. The van der Waals surface area contributed by atoms with E-state index in [0.717, 1.165) is 22.5 Å². The largest absolute Gasteiger partial charge is 0.347 e. The van der Waals surface area contributed by atoms with E-state index in [1.807, 2.05) is 51.1 Å². The molecule has 3 rings (SSSR count). The Balaban J connectivity index is 1.84. The number of hydrogen-bond acceptors (Lipinski definition) is 3. The molecular weight excluding hydrogens is 336 g/mol. The maximum atomic E-state index is 12.5. The predicted octanol–water partition coefficient (Wildman–Crippen LogP) is 3.78. The maximum Gasteiger partial charge on any atom is 0.271 e. The van der Waals surface area contributed by atoms with Gasteiger partial charge in [0.15, 0.2) is 5.82 Å². The molecule has 1 N–H and O–H groups in total. The molecule has 0 aliphatic carbocycles. The van der Waals surface area contributed by atoms with Crippen molar-refractivity contribution in [2.24, 2.45) is 0 Å². The first-order chi connectivity index (χ1) is 12.0. The van der Waals surface area contributed by atoms with Gasteiger partial charge in [-0.05, 0) is 50.1 Å². The summed E-state index contributed by atoms with van der Waals surface area (Å²) < 4.78 is 1.70. The van der Waals surface area contributed by atoms with E-state index in [9.17, 15) is 4.79 Å². The molecule has 0 bridgehead atoms. The van der Waals surface area contributed by atoms with Gasteiger partial charge in [-0.15, -0.1) is 0 Å². The number of aromatic nitrogens is 3. The molecule has 3 aromatic rings. The van der Waals surface area contributed by atoms with E-state index in [1.165, 1.54) is 0 Å². The number of carbonyl (C=O) groups excluding carboxylic acids is 1. The number of amides is 1. The van der Waals surface area contributed by atoms with Crippen LogP contribution >= 0.6 is 11.6 Å². The zero-order chi connectivity index (χ0) is 18.0. The zero-order valence-electron chi connectivity index (χ0n) is 14.4. The number of nitrogens with zero attached hydrogens (tertiary/aromatic N) is 3. The summed E-state index contributed by atoms with van der Waals surface area (Å²) >= 11 is 6.18. The highest BCUT2D eigenvalue weighted by Crippen LogP contribution is 2.18. The third-order valence-electron chi connectivity index (χ3n) is 3.97. The molecule has 128 valence electrons. The maximum absolute atomic E-state index is 12.5. The van der Waals surface area contributed by atoms with E-state index in [-0.39, 0.29) is 11.6 Å². The Kier molecular flexibility index (Phi) is 4.86. The topological polar surface area (TPSA) is 59.8 Å². The molecule has 0 atom stereocenters. The highest BCUT2D eigenvalue weighted by Gasteiger charge is 2.15. The quantitative estimate of drug-likeness (QED) is 0.775. The molecule has 6 heteroatoms. The highest BCUT2D eigenvalue weighted by molar-refractivity contribution is 6.33. The smallest absolute Gasteiger partial charge is 0.271 e. The fourth-order valence-electron chi connectivity index (χ4n) is 2.64. The summed E-state index contributed by atoms with van der Waals surface area (Å²) in [5, 5.41) is 7.59. The van der Waals surface area contributed by atoms with Crippen molar-refractivity contribution >= 4 is 17.5 Å². The van der Waals surface area contributed by atoms with Gasteiger partial charge in [0.25, 0.3) is 5.91 Å². The van der Waals surface area contributed by atoms with Gasteiger partial charge >= 0.3 is 0 Å². The molecule has 1 aromatic carbocycles. The Morgan fingerprint density at radius 1 is 1.16 bits per heavy atom. The van der Waals surface area contributed by atoms with Crippen molar-refractivity contribution in [3.8, 4) is 5.82 Å². The summed E-state index contributed by atoms with van der Waals surface area (Å²) in [7, 11) is 0. The second-order valence-electron chi connectivity index (χ2n) is 5.95. The monoisotopic (exact) mass is 354 g/mol. The number of hydrogen-bond donors (Lipinski definition) is 1. The average molecular weight is 355 g/mol. The fourth-order valence-corrected chi connectivity index (χ4v) is 2.83. The van der Waals surface area contributed by atoms with E-state index in [2.05, 4.69) is 15.4 Å². The number of pyridine rings is 1. The van der Waals surface area contributed by atoms with Crippen LogP contribution in [0.1, 0.15) is 33.0 Å². The van der Waals surface area contributed by atoms with Gasteiger partial charge in [-0.1, -0.05) is 35.9 Å². The standard InChI is InChI=1S/C19H19ClN4O/c1-12-6-4-5-7-15(12)11-21-19(25)18-16(20)8-9-17(22-18)24-14(3)10-13(2)23-24/h4-10H,11H2,1-3H3,(H,21,25). The number of halogens is 1. The SMILES string of the molecule is Cc1cc(C)n(-c2ccc(Cl)c(C(=O)NCc3ccccc3C)n2)n1. The van der Waals surface area contributed by atoms with E-state index in [1.54, 1.807) is 16.8 Å². The Labute approximate surface area is 151 Å². The van der Waals surface area contributed by atoms with Crippen molar-refractivity contribution in [2.45, 2.75) is 27.3 Å². The number of nitrogens with one attached hydrogen (secondary N) is 1. The summed E-state index contributed by atoms with van der Waals surface area (Å²) in [5.41, 5.74) is 4.21. The summed E-state index contributed by atoms with van der Waals surface area (Å²) in [6.45, 7) is 6.28. The molecule has 0 aliphatic rings. The van der Waals surface area contributed by atoms with Crippen LogP contribution in [0.3, 0.4) is 0 Å². The van der Waals surface area contributed by atoms with Gasteiger partial charge in [-0.3, -0.25) is 4.79 Å². The molecule has 0 aliphatic heterocycles. The second kappa shape index (κ2) is 7.07. The molecule has 2 heterocycles. The normalized spacial score (nSPS) is 10.7. The summed E-state index contributed by atoms with van der Waals surface area (Å²) in [4.78, 5) is 16.9. The Hall–Kier alpha value is -2.66. The van der Waals surface area contributed by atoms with Crippen LogP contribution in [0.4, 0.5) is 0 Å². The van der Waals surface area contributed by atoms with Crippen LogP contribution in [0.5, 0.6) is 0 Å². The lowest BCUT2D eigenvalue weighted by Gasteiger charge is -2.10. The summed E-state index contributed by atoms with van der Waals surface area (Å²) in [6, 6.07) is 13.3. The molecule has 25 heavy (non-hydrogen) atoms. The van der Waals surface area contributed by atoms with Gasteiger partial charge < -0.3 is 5.32 Å². The van der Waals surface area contributed by atoms with Crippen LogP contribution in [0.2, 0.25) is 5.02 Å². The van der Waals surface area contributed by atoms with Crippen LogP contribution in [0.15, 0.2) is 42.5 Å². The second-order valence-corrected chi connectivity index (χ2v) is 6.36. The molecule has 2 aromatic heterocycles. The first-order valence-electron chi connectivity index (χ1n) is 7.98. The molecule has 0 fully saturated rings. The molecule has 0 saturated carbocycles. The minimum absolute atomic E-state index is 0.195. The number of rotatable bonds is 4. The van der Waals surface area contributed by atoms with Gasteiger partial charge in [-0.2, -0.15) is 5.10 Å². The van der Waals surface area contributed by atoms with Crippen molar-refractivity contribution < 1.29 is 4.79 Å². The number of benzene rings is 1. The van der Waals surface area contributed by atoms with Gasteiger partial charge in [0.05, 0.1) is 10.7 Å². The van der Waals surface area contributed by atoms with Crippen molar-refractivity contribution in [3.63, 3.8) is 0 Å². The van der Waals surface area contributed by atoms with Crippen LogP contribution < -0.4 is 5.32 Å². The van der Waals surface area contributed by atoms with Crippen LogP contribution in [0.25, 0.3) is 5.82 Å². The highest BCUT2D eigenvalue weighted by atomic mass is 35.5. The molecule has 0 unspecified atom stereocenters. The van der Waals surface area contributed by atoms with Crippen molar-refractivity contribution in [2.75, 3.05) is 0 Å². The minimum Gasteiger partial charge on any atom is -0.347 e. The van der Waals surface area contributed by atoms with Crippen LogP contribution in [-0.2, 0) is 6.54 Å². The molecule has 0 saturated heterocycles. The number of carbonyl (C=O) groups is 1. The Bertz CT molecular complexity index is 933. The molecule has 5 nitrogen and oxygen atoms in total. The van der Waals surface area contributed by atoms with Crippen molar-refractivity contribution in [3.05, 3.63) is 75.7 Å². The van der Waals surface area contributed by atoms with E-state index in [4.69, 9.17) is 11.6 Å². The lowest BCUT2D eigenvalue weighted by Crippen LogP contribution is -2.25. The average Bonchev–Trinajstić information content (AvgIpc) is 2.92. The van der Waals surface area contributed by atoms with Gasteiger partial charge in [0.1, 0.15) is 5.69 Å².